The van der Waals surface area contributed by atoms with Crippen molar-refractivity contribution in [2.24, 2.45) is 0 Å². The average molecular weight is 350 g/mol. The van der Waals surface area contributed by atoms with Crippen molar-refractivity contribution in [2.45, 2.75) is 63.5 Å². The Bertz CT molecular complexity index is 625. The molecular weight excluding hydrogens is 328 g/mol. The van der Waals surface area contributed by atoms with Gasteiger partial charge in [-0.25, -0.2) is 4.98 Å². The van der Waals surface area contributed by atoms with Crippen molar-refractivity contribution in [1.29, 1.82) is 0 Å². The molecule has 1 saturated carbocycles. The second kappa shape index (κ2) is 7.74. The van der Waals surface area contributed by atoms with Crippen molar-refractivity contribution in [2.75, 3.05) is 5.32 Å². The van der Waals surface area contributed by atoms with Gasteiger partial charge in [0.25, 0.3) is 0 Å². The molecule has 1 aliphatic heterocycles. The van der Waals surface area contributed by atoms with Crippen molar-refractivity contribution in [3.05, 3.63) is 11.1 Å². The van der Waals surface area contributed by atoms with Crippen LogP contribution in [0.1, 0.15) is 50.6 Å². The fraction of sp³-hybridized carbons (Fsp3) is 0.625. The topological polar surface area (TPSA) is 100 Å². The third-order valence-electron chi connectivity index (χ3n) is 4.41. The molecule has 1 aromatic heterocycles. The van der Waals surface area contributed by atoms with Crippen molar-refractivity contribution < 1.29 is 14.4 Å². The third-order valence-corrected chi connectivity index (χ3v) is 5.21. The minimum atomic E-state index is -0.487. The Labute approximate surface area is 144 Å². The van der Waals surface area contributed by atoms with E-state index in [4.69, 9.17) is 0 Å². The summed E-state index contributed by atoms with van der Waals surface area (Å²) in [6.45, 7) is 0. The van der Waals surface area contributed by atoms with Crippen LogP contribution in [0.3, 0.4) is 0 Å². The number of rotatable bonds is 5. The molecule has 0 bridgehead atoms. The molecule has 0 spiro atoms. The highest BCUT2D eigenvalue weighted by atomic mass is 32.1. The van der Waals surface area contributed by atoms with E-state index in [1.807, 2.05) is 0 Å². The molecule has 0 aromatic carbocycles. The predicted octanol–water partition coefficient (Wildman–Crippen LogP) is 1.35. The predicted molar refractivity (Wildman–Crippen MR) is 90.6 cm³/mol. The van der Waals surface area contributed by atoms with Crippen LogP contribution in [0.2, 0.25) is 0 Å². The summed E-state index contributed by atoms with van der Waals surface area (Å²) in [7, 11) is 0. The molecule has 1 saturated heterocycles. The Kier molecular flexibility index (Phi) is 5.44. The molecule has 2 fully saturated rings. The number of amides is 3. The molecule has 2 aliphatic rings. The van der Waals surface area contributed by atoms with Gasteiger partial charge in [0, 0.05) is 17.8 Å². The summed E-state index contributed by atoms with van der Waals surface area (Å²) in [5, 5.41) is 10.6. The maximum absolute atomic E-state index is 12.1. The van der Waals surface area contributed by atoms with E-state index in [0.29, 0.717) is 23.7 Å². The molecule has 1 aromatic rings. The van der Waals surface area contributed by atoms with Gasteiger partial charge < -0.3 is 16.0 Å². The van der Waals surface area contributed by atoms with Gasteiger partial charge in [-0.3, -0.25) is 14.4 Å². The van der Waals surface area contributed by atoms with Gasteiger partial charge in [0.2, 0.25) is 17.7 Å². The largest absolute Gasteiger partial charge is 0.353 e. The lowest BCUT2D eigenvalue weighted by Gasteiger charge is -2.22. The number of aromatic nitrogens is 1. The highest BCUT2D eigenvalue weighted by Gasteiger charge is 2.27. The molecule has 24 heavy (non-hydrogen) atoms. The Balaban J connectivity index is 1.47. The zero-order valence-electron chi connectivity index (χ0n) is 13.5. The second-order valence-electron chi connectivity index (χ2n) is 6.37. The van der Waals surface area contributed by atoms with Crippen molar-refractivity contribution >= 4 is 34.2 Å². The Morgan fingerprint density at radius 2 is 2.04 bits per heavy atom. The number of thiazole rings is 1. The number of anilines is 1. The van der Waals surface area contributed by atoms with E-state index in [2.05, 4.69) is 20.9 Å². The summed E-state index contributed by atoms with van der Waals surface area (Å²) in [6, 6.07) is -0.200. The molecular formula is C16H22N4O3S. The summed E-state index contributed by atoms with van der Waals surface area (Å²) in [6.07, 6.45) is 6.82. The molecule has 3 rings (SSSR count). The van der Waals surface area contributed by atoms with Crippen LogP contribution in [0, 0.1) is 0 Å². The molecule has 3 N–H and O–H groups in total. The van der Waals surface area contributed by atoms with E-state index >= 15 is 0 Å². The van der Waals surface area contributed by atoms with E-state index in [0.717, 1.165) is 12.8 Å². The molecule has 130 valence electrons. The average Bonchev–Trinajstić information content (AvgIpc) is 3.17. The van der Waals surface area contributed by atoms with Crippen LogP contribution in [0.4, 0.5) is 5.13 Å². The first-order chi connectivity index (χ1) is 11.6. The minimum absolute atomic E-state index is 0.0202. The number of carbonyl (C=O) groups excluding carboxylic acids is 3. The van der Waals surface area contributed by atoms with Gasteiger partial charge in [0.15, 0.2) is 5.13 Å². The van der Waals surface area contributed by atoms with Crippen LogP contribution < -0.4 is 16.0 Å². The van der Waals surface area contributed by atoms with Gasteiger partial charge in [0.05, 0.1) is 12.1 Å². The van der Waals surface area contributed by atoms with E-state index < -0.39 is 6.04 Å². The van der Waals surface area contributed by atoms with Crippen LogP contribution in [0.15, 0.2) is 5.38 Å². The first-order valence-corrected chi connectivity index (χ1v) is 9.32. The maximum atomic E-state index is 12.1. The molecule has 7 nitrogen and oxygen atoms in total. The fourth-order valence-electron chi connectivity index (χ4n) is 3.14. The Morgan fingerprint density at radius 3 is 2.75 bits per heavy atom. The summed E-state index contributed by atoms with van der Waals surface area (Å²) >= 11 is 1.29. The van der Waals surface area contributed by atoms with E-state index in [1.54, 1.807) is 5.38 Å². The first-order valence-electron chi connectivity index (χ1n) is 8.44. The lowest BCUT2D eigenvalue weighted by molar-refractivity contribution is -0.122. The fourth-order valence-corrected chi connectivity index (χ4v) is 3.85. The van der Waals surface area contributed by atoms with E-state index in [-0.39, 0.29) is 30.2 Å². The molecule has 3 amide bonds. The van der Waals surface area contributed by atoms with Gasteiger partial charge in [-0.15, -0.1) is 11.3 Å². The zero-order valence-corrected chi connectivity index (χ0v) is 14.3. The first kappa shape index (κ1) is 16.9. The van der Waals surface area contributed by atoms with Gasteiger partial charge in [-0.05, 0) is 19.3 Å². The summed E-state index contributed by atoms with van der Waals surface area (Å²) < 4.78 is 0. The van der Waals surface area contributed by atoms with Crippen LogP contribution >= 0.6 is 11.3 Å². The number of carbonyl (C=O) groups is 3. The number of hydrogen-bond donors (Lipinski definition) is 3. The lowest BCUT2D eigenvalue weighted by atomic mass is 9.95. The van der Waals surface area contributed by atoms with Gasteiger partial charge in [-0.1, -0.05) is 19.3 Å². The molecule has 0 radical (unpaired) electrons. The summed E-state index contributed by atoms with van der Waals surface area (Å²) in [5.74, 6) is -0.379. The van der Waals surface area contributed by atoms with Gasteiger partial charge >= 0.3 is 0 Å². The Morgan fingerprint density at radius 1 is 1.25 bits per heavy atom. The van der Waals surface area contributed by atoms with Crippen LogP contribution in [0.25, 0.3) is 0 Å². The van der Waals surface area contributed by atoms with Gasteiger partial charge in [0.1, 0.15) is 6.04 Å². The molecule has 1 atom stereocenters. The lowest BCUT2D eigenvalue weighted by Crippen LogP contribution is -2.37. The van der Waals surface area contributed by atoms with E-state index in [1.165, 1.54) is 30.6 Å². The highest BCUT2D eigenvalue weighted by Crippen LogP contribution is 2.19. The molecule has 8 heteroatoms. The van der Waals surface area contributed by atoms with E-state index in [9.17, 15) is 14.4 Å². The monoisotopic (exact) mass is 350 g/mol. The van der Waals surface area contributed by atoms with Crippen molar-refractivity contribution in [3.63, 3.8) is 0 Å². The third kappa shape index (κ3) is 4.53. The zero-order chi connectivity index (χ0) is 16.9. The smallest absolute Gasteiger partial charge is 0.248 e. The molecule has 1 aliphatic carbocycles. The number of nitrogens with zero attached hydrogens (tertiary/aromatic N) is 1. The standard InChI is InChI=1S/C16H22N4O3S/c21-13-7-6-12(19-13)15(23)20-16-18-11(9-24-16)8-14(22)17-10-4-2-1-3-5-10/h9-10,12H,1-8H2,(H,17,22)(H,19,21)(H,18,20,23). The molecule has 1 unspecified atom stereocenters. The summed E-state index contributed by atoms with van der Waals surface area (Å²) in [5.41, 5.74) is 0.652. The second-order valence-corrected chi connectivity index (χ2v) is 7.23. The quantitative estimate of drug-likeness (QED) is 0.746. The maximum Gasteiger partial charge on any atom is 0.248 e. The number of hydrogen-bond acceptors (Lipinski definition) is 5. The van der Waals surface area contributed by atoms with Crippen molar-refractivity contribution in [3.8, 4) is 0 Å². The summed E-state index contributed by atoms with van der Waals surface area (Å²) in [4.78, 5) is 39.5. The highest BCUT2D eigenvalue weighted by molar-refractivity contribution is 7.13. The van der Waals surface area contributed by atoms with Crippen LogP contribution in [0.5, 0.6) is 0 Å². The van der Waals surface area contributed by atoms with Gasteiger partial charge in [-0.2, -0.15) is 0 Å². The minimum Gasteiger partial charge on any atom is -0.353 e. The normalized spacial score (nSPS) is 21.3. The number of nitrogens with one attached hydrogen (secondary N) is 3. The van der Waals surface area contributed by atoms with Crippen LogP contribution in [-0.4, -0.2) is 34.8 Å². The Hall–Kier alpha value is -1.96. The van der Waals surface area contributed by atoms with Crippen molar-refractivity contribution in [1.82, 2.24) is 15.6 Å². The SMILES string of the molecule is O=C(Cc1csc(NC(=O)C2CCC(=O)N2)n1)NC1CCCCC1. The van der Waals surface area contributed by atoms with Crippen LogP contribution in [-0.2, 0) is 20.8 Å². The molecule has 2 heterocycles.